The summed E-state index contributed by atoms with van der Waals surface area (Å²) >= 11 is 6.01. The molecule has 0 fully saturated rings. The van der Waals surface area contributed by atoms with E-state index in [1.165, 1.54) is 5.06 Å². The average molecular weight is 456 g/mol. The van der Waals surface area contributed by atoms with E-state index < -0.39 is 8.32 Å². The smallest absolute Gasteiger partial charge is 0.191 e. The van der Waals surface area contributed by atoms with Gasteiger partial charge in [-0.2, -0.15) is 0 Å². The minimum absolute atomic E-state index is 0.00646. The van der Waals surface area contributed by atoms with Crippen molar-refractivity contribution < 1.29 is 18.8 Å². The first-order chi connectivity index (χ1) is 13.9. The van der Waals surface area contributed by atoms with Crippen LogP contribution in [0.25, 0.3) is 0 Å². The number of nitrogens with zero attached hydrogens (tertiary/aromatic N) is 1. The van der Waals surface area contributed by atoms with Crippen LogP contribution in [0.15, 0.2) is 36.5 Å². The molecule has 0 amide bonds. The van der Waals surface area contributed by atoms with Gasteiger partial charge in [0.15, 0.2) is 14.1 Å². The van der Waals surface area contributed by atoms with Crippen molar-refractivity contribution in [3.8, 4) is 0 Å². The lowest BCUT2D eigenvalue weighted by atomic mass is 9.88. The van der Waals surface area contributed by atoms with Crippen LogP contribution in [-0.4, -0.2) is 53.1 Å². The zero-order valence-electron chi connectivity index (χ0n) is 19.7. The van der Waals surface area contributed by atoms with E-state index in [9.17, 15) is 4.79 Å². The van der Waals surface area contributed by atoms with E-state index in [0.29, 0.717) is 24.5 Å². The number of carbonyl (C=O) groups is 1. The van der Waals surface area contributed by atoms with E-state index >= 15 is 0 Å². The number of hydroxylamine groups is 2. The number of carbonyl (C=O) groups excluding carboxylic acids is 1. The van der Waals surface area contributed by atoms with Crippen molar-refractivity contribution in [1.29, 1.82) is 0 Å². The number of rotatable bonds is 12. The van der Waals surface area contributed by atoms with Crippen LogP contribution in [0, 0.1) is 5.92 Å². The van der Waals surface area contributed by atoms with Crippen LogP contribution < -0.4 is 0 Å². The zero-order valence-corrected chi connectivity index (χ0v) is 21.5. The Morgan fingerprint density at radius 3 is 2.30 bits per heavy atom. The third-order valence-electron chi connectivity index (χ3n) is 5.89. The van der Waals surface area contributed by atoms with Crippen LogP contribution in [0.5, 0.6) is 0 Å². The van der Waals surface area contributed by atoms with Gasteiger partial charge < -0.3 is 9.16 Å². The molecule has 0 aromatic heterocycles. The summed E-state index contributed by atoms with van der Waals surface area (Å²) in [6.45, 7) is 11.7. The summed E-state index contributed by atoms with van der Waals surface area (Å²) in [6, 6.07) is 7.59. The summed E-state index contributed by atoms with van der Waals surface area (Å²) in [7, 11) is 3.09. The predicted octanol–water partition coefficient (Wildman–Crippen LogP) is 5.50. The molecule has 0 N–H and O–H groups in total. The molecule has 30 heavy (non-hydrogen) atoms. The Morgan fingerprint density at radius 1 is 1.20 bits per heavy atom. The molecule has 1 aromatic rings. The zero-order chi connectivity index (χ0) is 22.9. The van der Waals surface area contributed by atoms with Crippen molar-refractivity contribution in [1.82, 2.24) is 5.06 Å². The molecule has 0 radical (unpaired) electrons. The summed E-state index contributed by atoms with van der Waals surface area (Å²) < 4.78 is 12.1. The molecule has 1 aromatic carbocycles. The maximum atomic E-state index is 13.0. The summed E-state index contributed by atoms with van der Waals surface area (Å²) in [5, 5.41) is 2.30. The van der Waals surface area contributed by atoms with Gasteiger partial charge in [0.25, 0.3) is 0 Å². The molecular formula is C23H38ClNO4Si. The quantitative estimate of drug-likeness (QED) is 0.236. The van der Waals surface area contributed by atoms with Crippen LogP contribution >= 0.6 is 11.6 Å². The van der Waals surface area contributed by atoms with Gasteiger partial charge in [-0.05, 0) is 54.7 Å². The molecule has 170 valence electrons. The van der Waals surface area contributed by atoms with Crippen molar-refractivity contribution in [2.24, 2.45) is 5.92 Å². The first kappa shape index (κ1) is 26.9. The van der Waals surface area contributed by atoms with E-state index in [4.69, 9.17) is 25.6 Å². The van der Waals surface area contributed by atoms with Gasteiger partial charge in [-0.1, -0.05) is 44.5 Å². The number of ether oxygens (including phenoxy) is 1. The normalized spacial score (nSPS) is 14.7. The number of hydrogen-bond donors (Lipinski definition) is 0. The molecule has 0 saturated heterocycles. The molecule has 0 bridgehead atoms. The highest BCUT2D eigenvalue weighted by atomic mass is 35.5. The van der Waals surface area contributed by atoms with Crippen molar-refractivity contribution >= 4 is 25.7 Å². The lowest BCUT2D eigenvalue weighted by Gasteiger charge is -2.36. The minimum atomic E-state index is -1.85. The third-order valence-corrected chi connectivity index (χ3v) is 10.7. The van der Waals surface area contributed by atoms with Crippen molar-refractivity contribution in [3.05, 3.63) is 47.1 Å². The predicted molar refractivity (Wildman–Crippen MR) is 126 cm³/mol. The van der Waals surface area contributed by atoms with Gasteiger partial charge in [0.2, 0.25) is 0 Å². The van der Waals surface area contributed by atoms with E-state index in [0.717, 1.165) is 5.56 Å². The van der Waals surface area contributed by atoms with Crippen LogP contribution in [-0.2, 0) is 25.2 Å². The fourth-order valence-corrected chi connectivity index (χ4v) is 3.97. The number of halogens is 1. The monoisotopic (exact) mass is 455 g/mol. The Hall–Kier alpha value is -1.18. The Kier molecular flexibility index (Phi) is 10.7. The average Bonchev–Trinajstić information content (AvgIpc) is 2.68. The first-order valence-corrected chi connectivity index (χ1v) is 13.6. The highest BCUT2D eigenvalue weighted by Gasteiger charge is 2.37. The van der Waals surface area contributed by atoms with Gasteiger partial charge in [-0.25, -0.2) is 0 Å². The van der Waals surface area contributed by atoms with Crippen LogP contribution in [0.3, 0.4) is 0 Å². The van der Waals surface area contributed by atoms with E-state index in [-0.39, 0.29) is 22.8 Å². The van der Waals surface area contributed by atoms with Crippen molar-refractivity contribution in [2.75, 3.05) is 27.9 Å². The summed E-state index contributed by atoms with van der Waals surface area (Å²) in [5.74, 6) is -0.339. The van der Waals surface area contributed by atoms with Gasteiger partial charge >= 0.3 is 0 Å². The lowest BCUT2D eigenvalue weighted by molar-refractivity contribution is -0.123. The molecule has 0 saturated carbocycles. The van der Waals surface area contributed by atoms with Crippen molar-refractivity contribution in [2.45, 2.75) is 57.8 Å². The number of ketones is 1. The Labute approximate surface area is 188 Å². The highest BCUT2D eigenvalue weighted by Crippen LogP contribution is 2.36. The Morgan fingerprint density at radius 2 is 1.80 bits per heavy atom. The number of benzene rings is 1. The largest absolute Gasteiger partial charge is 0.417 e. The van der Waals surface area contributed by atoms with Gasteiger partial charge in [-0.3, -0.25) is 14.7 Å². The van der Waals surface area contributed by atoms with E-state index in [1.807, 2.05) is 24.3 Å². The second kappa shape index (κ2) is 12.0. The molecule has 0 unspecified atom stereocenters. The third kappa shape index (κ3) is 8.51. The SMILES string of the molecule is CO[C@H](CCO[Si](C)(C)C(C)(C)C)[C@H](Cc1ccc(Cl)cc1)C(=O)/C=C/N(C)OC. The van der Waals surface area contributed by atoms with Gasteiger partial charge in [0, 0.05) is 32.0 Å². The topological polar surface area (TPSA) is 48.0 Å². The fourth-order valence-electron chi connectivity index (χ4n) is 2.78. The summed E-state index contributed by atoms with van der Waals surface area (Å²) in [6.07, 6.45) is 4.13. The molecule has 0 aliphatic carbocycles. The maximum Gasteiger partial charge on any atom is 0.191 e. The van der Waals surface area contributed by atoms with Crippen LogP contribution in [0.1, 0.15) is 32.8 Å². The van der Waals surface area contributed by atoms with Crippen LogP contribution in [0.2, 0.25) is 23.2 Å². The Bertz CT molecular complexity index is 685. The van der Waals surface area contributed by atoms with E-state index in [1.54, 1.807) is 33.5 Å². The number of methoxy groups -OCH3 is 1. The lowest BCUT2D eigenvalue weighted by Crippen LogP contribution is -2.42. The second-order valence-electron chi connectivity index (χ2n) is 9.06. The van der Waals surface area contributed by atoms with E-state index in [2.05, 4.69) is 33.9 Å². The van der Waals surface area contributed by atoms with Gasteiger partial charge in [0.05, 0.1) is 19.1 Å². The first-order valence-electron chi connectivity index (χ1n) is 10.3. The molecule has 0 heterocycles. The fraction of sp³-hybridized carbons (Fsp3) is 0.609. The minimum Gasteiger partial charge on any atom is -0.417 e. The second-order valence-corrected chi connectivity index (χ2v) is 14.3. The number of allylic oxidation sites excluding steroid dienone is 1. The van der Waals surface area contributed by atoms with Gasteiger partial charge in [-0.15, -0.1) is 0 Å². The number of hydrogen-bond acceptors (Lipinski definition) is 5. The summed E-state index contributed by atoms with van der Waals surface area (Å²) in [4.78, 5) is 18.1. The molecule has 0 aliphatic rings. The Balaban J connectivity index is 2.97. The molecule has 1 rings (SSSR count). The van der Waals surface area contributed by atoms with Gasteiger partial charge in [0.1, 0.15) is 0 Å². The molecule has 7 heteroatoms. The van der Waals surface area contributed by atoms with Crippen molar-refractivity contribution in [3.63, 3.8) is 0 Å². The maximum absolute atomic E-state index is 13.0. The molecular weight excluding hydrogens is 418 g/mol. The van der Waals surface area contributed by atoms with Crippen LogP contribution in [0.4, 0.5) is 0 Å². The standard InChI is InChI=1S/C23H38ClNO4Si/c1-23(2,3)30(7,8)29-16-14-22(27-5)20(21(26)13-15-25(4)28-6)17-18-9-11-19(24)12-10-18/h9-13,15,20,22H,14,16-17H2,1-8H3/b15-13+/t20-,22-/m1/s1. The summed E-state index contributed by atoms with van der Waals surface area (Å²) in [5.41, 5.74) is 1.04. The molecule has 2 atom stereocenters. The molecule has 0 spiro atoms. The highest BCUT2D eigenvalue weighted by molar-refractivity contribution is 6.74. The molecule has 5 nitrogen and oxygen atoms in total. The molecule has 0 aliphatic heterocycles.